The van der Waals surface area contributed by atoms with Gasteiger partial charge in [-0.1, -0.05) is 33.3 Å². The molecule has 4 aliphatic carbocycles. The van der Waals surface area contributed by atoms with Gasteiger partial charge in [-0.3, -0.25) is 24.0 Å². The number of esters is 2. The van der Waals surface area contributed by atoms with Crippen LogP contribution in [0.25, 0.3) is 0 Å². The first kappa shape index (κ1) is 33.8. The van der Waals surface area contributed by atoms with Crippen molar-refractivity contribution in [2.75, 3.05) is 13.2 Å². The van der Waals surface area contributed by atoms with Crippen molar-refractivity contribution >= 4 is 35.4 Å². The molecule has 0 aromatic rings. The van der Waals surface area contributed by atoms with Gasteiger partial charge in [0.15, 0.2) is 24.1 Å². The fourth-order valence-electron chi connectivity index (χ4n) is 8.88. The van der Waals surface area contributed by atoms with Crippen LogP contribution < -0.4 is 5.32 Å². The smallest absolute Gasteiger partial charge is 0.333 e. The van der Waals surface area contributed by atoms with Crippen LogP contribution in [-0.4, -0.2) is 70.5 Å². The fourth-order valence-corrected chi connectivity index (χ4v) is 8.88. The molecule has 0 aromatic carbocycles. The van der Waals surface area contributed by atoms with Crippen molar-refractivity contribution in [2.45, 2.75) is 111 Å². The highest BCUT2D eigenvalue weighted by Crippen LogP contribution is 2.68. The predicted molar refractivity (Wildman–Crippen MR) is 157 cm³/mol. The van der Waals surface area contributed by atoms with E-state index in [1.54, 1.807) is 0 Å². The van der Waals surface area contributed by atoms with E-state index < -0.39 is 58.7 Å². The molecule has 11 heteroatoms. The Labute approximate surface area is 258 Å². The minimum Gasteiger partial charge on any atom is -0.479 e. The van der Waals surface area contributed by atoms with E-state index in [1.165, 1.54) is 26.3 Å². The zero-order valence-corrected chi connectivity index (χ0v) is 26.5. The van der Waals surface area contributed by atoms with Crippen molar-refractivity contribution in [3.05, 3.63) is 11.6 Å². The van der Waals surface area contributed by atoms with E-state index in [-0.39, 0.29) is 36.5 Å². The maximum atomic E-state index is 13.9. The molecular formula is C33H47NO10. The molecule has 0 bridgehead atoms. The maximum Gasteiger partial charge on any atom is 0.333 e. The number of hydrogen-bond donors (Lipinski definition) is 3. The zero-order chi connectivity index (χ0) is 32.7. The van der Waals surface area contributed by atoms with Gasteiger partial charge in [-0.15, -0.1) is 0 Å². The highest BCUT2D eigenvalue weighted by Gasteiger charge is 2.68. The number of carboxylic acids is 1. The van der Waals surface area contributed by atoms with Crippen molar-refractivity contribution in [1.82, 2.24) is 5.32 Å². The third-order valence-corrected chi connectivity index (χ3v) is 11.5. The molecule has 0 saturated heterocycles. The van der Waals surface area contributed by atoms with Gasteiger partial charge >= 0.3 is 17.9 Å². The van der Waals surface area contributed by atoms with Crippen LogP contribution in [-0.2, 0) is 38.2 Å². The average molecular weight is 618 g/mol. The number of nitrogens with one attached hydrogen (secondary N) is 1. The molecule has 3 saturated carbocycles. The Kier molecular flexibility index (Phi) is 9.50. The quantitative estimate of drug-likeness (QED) is 0.292. The first-order valence-electron chi connectivity index (χ1n) is 15.8. The van der Waals surface area contributed by atoms with E-state index in [0.29, 0.717) is 37.5 Å². The topological polar surface area (TPSA) is 173 Å². The number of allylic oxidation sites excluding steroid dienone is 1. The Bertz CT molecular complexity index is 1250. The zero-order valence-electron chi connectivity index (χ0n) is 26.5. The lowest BCUT2D eigenvalue weighted by atomic mass is 9.46. The Morgan fingerprint density at radius 3 is 2.36 bits per heavy atom. The van der Waals surface area contributed by atoms with Crippen LogP contribution in [0, 0.1) is 34.0 Å². The summed E-state index contributed by atoms with van der Waals surface area (Å²) >= 11 is 0. The lowest BCUT2D eigenvalue weighted by Crippen LogP contribution is -2.59. The lowest BCUT2D eigenvalue weighted by Gasteiger charge is -2.59. The van der Waals surface area contributed by atoms with E-state index in [4.69, 9.17) is 14.6 Å². The summed E-state index contributed by atoms with van der Waals surface area (Å²) in [6.45, 7) is 7.90. The second-order valence-corrected chi connectivity index (χ2v) is 14.5. The van der Waals surface area contributed by atoms with E-state index in [2.05, 4.69) is 12.2 Å². The van der Waals surface area contributed by atoms with Crippen molar-refractivity contribution in [1.29, 1.82) is 0 Å². The number of carbonyl (C=O) groups is 6. The molecule has 4 rings (SSSR count). The highest BCUT2D eigenvalue weighted by molar-refractivity contribution is 5.93. The summed E-state index contributed by atoms with van der Waals surface area (Å²) in [7, 11) is 0. The maximum absolute atomic E-state index is 13.9. The number of carbonyl (C=O) groups excluding carboxylic acids is 5. The van der Waals surface area contributed by atoms with Gasteiger partial charge in [0.2, 0.25) is 11.7 Å². The molecule has 4 aliphatic rings. The van der Waals surface area contributed by atoms with Crippen LogP contribution in [0.5, 0.6) is 0 Å². The molecule has 0 radical (unpaired) electrons. The number of Topliss-reactive ketones (excluding diaryl/α,β-unsaturated/α-hetero) is 1. The van der Waals surface area contributed by atoms with E-state index in [9.17, 15) is 33.9 Å². The van der Waals surface area contributed by atoms with Crippen molar-refractivity contribution in [2.24, 2.45) is 34.0 Å². The van der Waals surface area contributed by atoms with E-state index >= 15 is 0 Å². The van der Waals surface area contributed by atoms with Crippen LogP contribution >= 0.6 is 0 Å². The number of ether oxygens (including phenoxy) is 2. The molecule has 1 amide bonds. The molecule has 0 heterocycles. The van der Waals surface area contributed by atoms with Crippen LogP contribution in [0.3, 0.4) is 0 Å². The SMILES string of the molecule is CC(=O)O[C@]1(C(=O)COC(=O)CCC(=O)NCC(C)(C)[C@H](O)C(=O)O)CC[C@@H]2[C@H]3CCC4=CC(=O)CC[C@]4(C)[C@@H]3CC[C@@]21C. The average Bonchev–Trinajstić information content (AvgIpc) is 3.25. The van der Waals surface area contributed by atoms with Gasteiger partial charge in [0, 0.05) is 37.1 Å². The van der Waals surface area contributed by atoms with Gasteiger partial charge < -0.3 is 25.0 Å². The number of amides is 1. The Morgan fingerprint density at radius 2 is 1.70 bits per heavy atom. The van der Waals surface area contributed by atoms with Gasteiger partial charge in [0.05, 0.1) is 6.42 Å². The van der Waals surface area contributed by atoms with E-state index in [1.807, 2.05) is 13.0 Å². The normalized spacial score (nSPS) is 33.5. The first-order chi connectivity index (χ1) is 20.5. The van der Waals surface area contributed by atoms with Gasteiger partial charge in [-0.2, -0.15) is 0 Å². The van der Waals surface area contributed by atoms with Crippen LogP contribution in [0.4, 0.5) is 0 Å². The number of aliphatic hydroxyl groups excluding tert-OH is 1. The Morgan fingerprint density at radius 1 is 1.02 bits per heavy atom. The lowest BCUT2D eigenvalue weighted by molar-refractivity contribution is -0.191. The Hall–Kier alpha value is -3.08. The number of fused-ring (bicyclic) bond motifs is 5. The molecule has 0 aromatic heterocycles. The summed E-state index contributed by atoms with van der Waals surface area (Å²) in [6.07, 6.45) is 5.40. The number of rotatable bonds is 11. The molecule has 7 atom stereocenters. The fraction of sp³-hybridized carbons (Fsp3) is 0.758. The molecular weight excluding hydrogens is 570 g/mol. The van der Waals surface area contributed by atoms with Gasteiger partial charge in [0.25, 0.3) is 0 Å². The molecule has 3 fully saturated rings. The van der Waals surface area contributed by atoms with E-state index in [0.717, 1.165) is 25.7 Å². The number of ketones is 2. The molecule has 3 N–H and O–H groups in total. The summed E-state index contributed by atoms with van der Waals surface area (Å²) in [5.41, 5.74) is -1.96. The second-order valence-electron chi connectivity index (χ2n) is 14.5. The van der Waals surface area contributed by atoms with Crippen LogP contribution in [0.2, 0.25) is 0 Å². The van der Waals surface area contributed by atoms with Crippen LogP contribution in [0.15, 0.2) is 11.6 Å². The summed E-state index contributed by atoms with van der Waals surface area (Å²) in [6, 6.07) is 0. The van der Waals surface area contributed by atoms with Crippen molar-refractivity contribution in [3.8, 4) is 0 Å². The molecule has 244 valence electrons. The van der Waals surface area contributed by atoms with Gasteiger partial charge in [0.1, 0.15) is 0 Å². The third kappa shape index (κ3) is 6.08. The molecule has 0 aliphatic heterocycles. The third-order valence-electron chi connectivity index (χ3n) is 11.5. The summed E-state index contributed by atoms with van der Waals surface area (Å²) in [4.78, 5) is 74.3. The molecule has 0 spiro atoms. The number of hydrogen-bond acceptors (Lipinski definition) is 9. The highest BCUT2D eigenvalue weighted by atomic mass is 16.6. The summed E-state index contributed by atoms with van der Waals surface area (Å²) < 4.78 is 11.2. The monoisotopic (exact) mass is 617 g/mol. The molecule has 44 heavy (non-hydrogen) atoms. The number of aliphatic hydroxyl groups is 1. The van der Waals surface area contributed by atoms with Gasteiger partial charge in [-0.25, -0.2) is 4.79 Å². The largest absolute Gasteiger partial charge is 0.479 e. The number of carboxylic acid groups (broad SMARTS) is 1. The standard InChI is InChI=1S/C33H47NO10/c1-19(35)44-33(25(37)17-43-27(39)9-8-26(38)34-18-30(2,3)28(40)29(41)42)15-12-24-22-7-6-20-16-21(36)10-13-31(20,4)23(22)11-14-32(24,33)5/h16,22-24,28,40H,6-15,17-18H2,1-5H3,(H,34,38)(H,41,42)/t22-,23+,24+,28+,31-,32-,33-/m0/s1. The van der Waals surface area contributed by atoms with Crippen molar-refractivity contribution in [3.63, 3.8) is 0 Å². The summed E-state index contributed by atoms with van der Waals surface area (Å²) in [5.74, 6) is -2.64. The minimum absolute atomic E-state index is 0.0392. The van der Waals surface area contributed by atoms with Gasteiger partial charge in [-0.05, 0) is 74.2 Å². The summed E-state index contributed by atoms with van der Waals surface area (Å²) in [5, 5.41) is 21.3. The Balaban J connectivity index is 1.39. The molecule has 0 unspecified atom stereocenters. The van der Waals surface area contributed by atoms with Crippen molar-refractivity contribution < 1.29 is 48.5 Å². The molecule has 11 nitrogen and oxygen atoms in total. The second kappa shape index (κ2) is 12.4. The predicted octanol–water partition coefficient (Wildman–Crippen LogP) is 3.30. The van der Waals surface area contributed by atoms with Crippen LogP contribution in [0.1, 0.15) is 98.8 Å². The number of aliphatic carboxylic acids is 1. The first-order valence-corrected chi connectivity index (χ1v) is 15.8. The minimum atomic E-state index is -1.68.